The maximum Gasteiger partial charge on any atom is 0.270 e. The van der Waals surface area contributed by atoms with Crippen molar-refractivity contribution in [3.05, 3.63) is 34.0 Å². The van der Waals surface area contributed by atoms with E-state index in [2.05, 4.69) is 5.10 Å². The Balaban J connectivity index is 2.73. The molecule has 0 unspecified atom stereocenters. The van der Waals surface area contributed by atoms with Gasteiger partial charge in [0.1, 0.15) is 0 Å². The molecular formula is C10H11N3O2. The molecule has 1 heterocycles. The fourth-order valence-corrected chi connectivity index (χ4v) is 1.70. The van der Waals surface area contributed by atoms with Gasteiger partial charge in [0.15, 0.2) is 0 Å². The molecule has 0 radical (unpaired) electrons. The number of hydrogen-bond acceptors (Lipinski definition) is 3. The van der Waals surface area contributed by atoms with Gasteiger partial charge in [0.05, 0.1) is 16.1 Å². The Bertz CT molecular complexity index is 531. The summed E-state index contributed by atoms with van der Waals surface area (Å²) in [7, 11) is 1.84. The van der Waals surface area contributed by atoms with Crippen LogP contribution in [0.4, 0.5) is 5.69 Å². The summed E-state index contributed by atoms with van der Waals surface area (Å²) in [4.78, 5) is 10.2. The largest absolute Gasteiger partial charge is 0.270 e. The van der Waals surface area contributed by atoms with Gasteiger partial charge < -0.3 is 0 Å². The minimum atomic E-state index is -0.383. The van der Waals surface area contributed by atoms with Crippen molar-refractivity contribution in [2.24, 2.45) is 7.05 Å². The lowest BCUT2D eigenvalue weighted by Gasteiger charge is -1.94. The molecule has 5 nitrogen and oxygen atoms in total. The van der Waals surface area contributed by atoms with Crippen molar-refractivity contribution >= 4 is 16.6 Å². The van der Waals surface area contributed by atoms with E-state index >= 15 is 0 Å². The lowest BCUT2D eigenvalue weighted by atomic mass is 10.1. The second-order valence-electron chi connectivity index (χ2n) is 3.38. The first-order valence-electron chi connectivity index (χ1n) is 4.73. The van der Waals surface area contributed by atoms with Gasteiger partial charge in [-0.05, 0) is 12.5 Å². The number of hydrogen-bond donors (Lipinski definition) is 0. The zero-order valence-corrected chi connectivity index (χ0v) is 8.60. The van der Waals surface area contributed by atoms with Gasteiger partial charge in [-0.1, -0.05) is 6.92 Å². The third kappa shape index (κ3) is 1.45. The fraction of sp³-hybridized carbons (Fsp3) is 0.300. The molecule has 0 saturated carbocycles. The quantitative estimate of drug-likeness (QED) is 0.556. The molecule has 0 fully saturated rings. The minimum absolute atomic E-state index is 0.116. The first kappa shape index (κ1) is 9.64. The molecule has 0 aliphatic carbocycles. The molecule has 0 aliphatic heterocycles. The predicted molar refractivity (Wildman–Crippen MR) is 56.7 cm³/mol. The van der Waals surface area contributed by atoms with Crippen LogP contribution in [0.15, 0.2) is 18.2 Å². The lowest BCUT2D eigenvalue weighted by molar-refractivity contribution is -0.384. The molecule has 15 heavy (non-hydrogen) atoms. The Morgan fingerprint density at radius 2 is 2.27 bits per heavy atom. The van der Waals surface area contributed by atoms with Crippen LogP contribution in [0.1, 0.15) is 12.6 Å². The van der Waals surface area contributed by atoms with Crippen molar-refractivity contribution in [1.29, 1.82) is 0 Å². The van der Waals surface area contributed by atoms with Crippen LogP contribution in [0.3, 0.4) is 0 Å². The smallest absolute Gasteiger partial charge is 0.268 e. The van der Waals surface area contributed by atoms with Crippen LogP contribution in [-0.4, -0.2) is 14.7 Å². The second kappa shape index (κ2) is 3.34. The van der Waals surface area contributed by atoms with Crippen molar-refractivity contribution in [1.82, 2.24) is 9.78 Å². The predicted octanol–water partition coefficient (Wildman–Crippen LogP) is 2.04. The average molecular weight is 205 g/mol. The summed E-state index contributed by atoms with van der Waals surface area (Å²) in [5.41, 5.74) is 1.94. The summed E-state index contributed by atoms with van der Waals surface area (Å²) in [5.74, 6) is 0. The molecule has 78 valence electrons. The van der Waals surface area contributed by atoms with Crippen molar-refractivity contribution in [2.45, 2.75) is 13.3 Å². The van der Waals surface area contributed by atoms with E-state index in [-0.39, 0.29) is 10.6 Å². The van der Waals surface area contributed by atoms with Crippen LogP contribution in [0.2, 0.25) is 0 Å². The molecule has 0 saturated heterocycles. The highest BCUT2D eigenvalue weighted by Gasteiger charge is 2.12. The summed E-state index contributed by atoms with van der Waals surface area (Å²) in [6.45, 7) is 1.99. The van der Waals surface area contributed by atoms with Gasteiger partial charge in [0.2, 0.25) is 0 Å². The summed E-state index contributed by atoms with van der Waals surface area (Å²) < 4.78 is 1.75. The summed E-state index contributed by atoms with van der Waals surface area (Å²) in [6, 6.07) is 4.82. The van der Waals surface area contributed by atoms with E-state index in [1.54, 1.807) is 16.8 Å². The summed E-state index contributed by atoms with van der Waals surface area (Å²) >= 11 is 0. The molecule has 5 heteroatoms. The highest BCUT2D eigenvalue weighted by Crippen LogP contribution is 2.23. The van der Waals surface area contributed by atoms with Gasteiger partial charge in [-0.15, -0.1) is 0 Å². The van der Waals surface area contributed by atoms with E-state index in [0.717, 1.165) is 23.0 Å². The Morgan fingerprint density at radius 3 is 2.87 bits per heavy atom. The molecule has 0 atom stereocenters. The first-order valence-corrected chi connectivity index (χ1v) is 4.73. The summed E-state index contributed by atoms with van der Waals surface area (Å²) in [5, 5.41) is 15.8. The highest BCUT2D eigenvalue weighted by atomic mass is 16.6. The molecule has 0 bridgehead atoms. The zero-order chi connectivity index (χ0) is 11.0. The SMILES string of the molecule is CCc1nn(C)c2ccc([N+](=O)[O-])cc12. The number of aromatic nitrogens is 2. The zero-order valence-electron chi connectivity index (χ0n) is 8.60. The van der Waals surface area contributed by atoms with Gasteiger partial charge in [0, 0.05) is 24.6 Å². The normalized spacial score (nSPS) is 10.8. The van der Waals surface area contributed by atoms with Crippen molar-refractivity contribution in [3.63, 3.8) is 0 Å². The third-order valence-electron chi connectivity index (χ3n) is 2.46. The Morgan fingerprint density at radius 1 is 1.53 bits per heavy atom. The Kier molecular flexibility index (Phi) is 2.15. The molecule has 1 aromatic carbocycles. The lowest BCUT2D eigenvalue weighted by Crippen LogP contribution is -1.90. The van der Waals surface area contributed by atoms with Crippen molar-refractivity contribution in [3.8, 4) is 0 Å². The number of rotatable bonds is 2. The van der Waals surface area contributed by atoms with Crippen LogP contribution in [0.25, 0.3) is 10.9 Å². The number of benzene rings is 1. The Hall–Kier alpha value is -1.91. The second-order valence-corrected chi connectivity index (χ2v) is 3.38. The van der Waals surface area contributed by atoms with E-state index in [0.29, 0.717) is 0 Å². The maximum absolute atomic E-state index is 10.6. The highest BCUT2D eigenvalue weighted by molar-refractivity contribution is 5.84. The monoisotopic (exact) mass is 205 g/mol. The maximum atomic E-state index is 10.6. The number of nitro groups is 1. The van der Waals surface area contributed by atoms with Gasteiger partial charge in [-0.3, -0.25) is 14.8 Å². The number of fused-ring (bicyclic) bond motifs is 1. The number of nitrogens with zero attached hydrogens (tertiary/aromatic N) is 3. The topological polar surface area (TPSA) is 61.0 Å². The van der Waals surface area contributed by atoms with Gasteiger partial charge in [0.25, 0.3) is 5.69 Å². The Labute approximate surface area is 86.5 Å². The van der Waals surface area contributed by atoms with Gasteiger partial charge in [-0.25, -0.2) is 0 Å². The van der Waals surface area contributed by atoms with E-state index in [4.69, 9.17) is 0 Å². The molecule has 0 N–H and O–H groups in total. The standard InChI is InChI=1S/C10H11N3O2/c1-3-9-8-6-7(13(14)15)4-5-10(8)12(2)11-9/h4-6H,3H2,1-2H3. The number of nitro benzene ring substituents is 1. The van der Waals surface area contributed by atoms with E-state index in [1.807, 2.05) is 14.0 Å². The molecule has 1 aromatic heterocycles. The van der Waals surface area contributed by atoms with Gasteiger partial charge >= 0.3 is 0 Å². The molecule has 0 aliphatic rings. The molecule has 0 amide bonds. The van der Waals surface area contributed by atoms with E-state index < -0.39 is 0 Å². The molecule has 2 rings (SSSR count). The van der Waals surface area contributed by atoms with Crippen LogP contribution in [0, 0.1) is 10.1 Å². The summed E-state index contributed by atoms with van der Waals surface area (Å²) in [6.07, 6.45) is 0.776. The van der Waals surface area contributed by atoms with Crippen molar-refractivity contribution in [2.75, 3.05) is 0 Å². The van der Waals surface area contributed by atoms with Crippen LogP contribution in [-0.2, 0) is 13.5 Å². The molecular weight excluding hydrogens is 194 g/mol. The molecule has 0 spiro atoms. The third-order valence-corrected chi connectivity index (χ3v) is 2.46. The van der Waals surface area contributed by atoms with Gasteiger partial charge in [-0.2, -0.15) is 5.10 Å². The molecule has 2 aromatic rings. The van der Waals surface area contributed by atoms with E-state index in [1.165, 1.54) is 6.07 Å². The first-order chi connectivity index (χ1) is 7.13. The average Bonchev–Trinajstić information content (AvgIpc) is 2.55. The van der Waals surface area contributed by atoms with Crippen LogP contribution in [0.5, 0.6) is 0 Å². The number of non-ortho nitro benzene ring substituents is 1. The van der Waals surface area contributed by atoms with Crippen LogP contribution >= 0.6 is 0 Å². The van der Waals surface area contributed by atoms with Crippen LogP contribution < -0.4 is 0 Å². The number of aryl methyl sites for hydroxylation is 2. The minimum Gasteiger partial charge on any atom is -0.268 e. The van der Waals surface area contributed by atoms with E-state index in [9.17, 15) is 10.1 Å². The fourth-order valence-electron chi connectivity index (χ4n) is 1.70. The van der Waals surface area contributed by atoms with Crippen molar-refractivity contribution < 1.29 is 4.92 Å².